The van der Waals surface area contributed by atoms with Gasteiger partial charge in [-0.1, -0.05) is 31.2 Å². The summed E-state index contributed by atoms with van der Waals surface area (Å²) < 4.78 is 5.27. The maximum Gasteiger partial charge on any atom is 0.341 e. The van der Waals surface area contributed by atoms with Crippen molar-refractivity contribution >= 4 is 22.3 Å². The lowest BCUT2D eigenvalue weighted by Gasteiger charge is -2.15. The van der Waals surface area contributed by atoms with Crippen LogP contribution in [0.3, 0.4) is 0 Å². The normalized spacial score (nSPS) is 14.8. The van der Waals surface area contributed by atoms with Crippen molar-refractivity contribution in [1.29, 1.82) is 0 Å². The van der Waals surface area contributed by atoms with Crippen LogP contribution in [-0.2, 0) is 17.7 Å². The third-order valence-electron chi connectivity index (χ3n) is 4.70. The number of rotatable bonds is 6. The zero-order valence-electron chi connectivity index (χ0n) is 15.0. The highest BCUT2D eigenvalue weighted by atomic mass is 32.1. The number of hydrogen-bond acceptors (Lipinski definition) is 5. The zero-order valence-corrected chi connectivity index (χ0v) is 15.8. The van der Waals surface area contributed by atoms with Gasteiger partial charge in [0, 0.05) is 17.0 Å². The summed E-state index contributed by atoms with van der Waals surface area (Å²) in [6.07, 6.45) is 3.48. The molecule has 0 unspecified atom stereocenters. The Morgan fingerprint density at radius 1 is 1.20 bits per heavy atom. The van der Waals surface area contributed by atoms with E-state index in [-0.39, 0.29) is 5.97 Å². The smallest absolute Gasteiger partial charge is 0.341 e. The summed E-state index contributed by atoms with van der Waals surface area (Å²) in [5.41, 5.74) is 10.1. The third-order valence-corrected chi connectivity index (χ3v) is 5.71. The lowest BCUT2D eigenvalue weighted by molar-refractivity contribution is 0.0529. The van der Waals surface area contributed by atoms with Gasteiger partial charge in [-0.05, 0) is 50.4 Å². The molecule has 1 fully saturated rings. The minimum Gasteiger partial charge on any atom is -0.462 e. The van der Waals surface area contributed by atoms with Crippen molar-refractivity contribution in [3.8, 4) is 11.1 Å². The van der Waals surface area contributed by atoms with Gasteiger partial charge in [-0.25, -0.2) is 4.79 Å². The number of carbonyl (C=O) groups is 1. The first-order chi connectivity index (χ1) is 12.1. The Morgan fingerprint density at radius 2 is 1.88 bits per heavy atom. The van der Waals surface area contributed by atoms with Crippen LogP contribution in [0, 0.1) is 0 Å². The molecule has 2 heterocycles. The summed E-state index contributed by atoms with van der Waals surface area (Å²) in [4.78, 5) is 16.1. The molecular weight excluding hydrogens is 332 g/mol. The van der Waals surface area contributed by atoms with Gasteiger partial charge in [0.05, 0.1) is 6.61 Å². The summed E-state index contributed by atoms with van der Waals surface area (Å²) in [5.74, 6) is -0.321. The number of nitrogens with zero attached hydrogens (tertiary/aromatic N) is 1. The fourth-order valence-corrected chi connectivity index (χ4v) is 4.49. The monoisotopic (exact) mass is 358 g/mol. The Morgan fingerprint density at radius 3 is 2.48 bits per heavy atom. The van der Waals surface area contributed by atoms with Crippen LogP contribution < -0.4 is 5.73 Å². The summed E-state index contributed by atoms with van der Waals surface area (Å²) in [7, 11) is 0. The largest absolute Gasteiger partial charge is 0.462 e. The van der Waals surface area contributed by atoms with Crippen molar-refractivity contribution in [2.24, 2.45) is 0 Å². The number of aryl methyl sites for hydroxylation is 1. The molecule has 4 nitrogen and oxygen atoms in total. The van der Waals surface area contributed by atoms with Crippen LogP contribution in [0.1, 0.15) is 47.5 Å². The Hall–Kier alpha value is -1.85. The molecule has 0 saturated carbocycles. The molecule has 3 rings (SSSR count). The van der Waals surface area contributed by atoms with E-state index in [1.807, 2.05) is 6.92 Å². The minimum atomic E-state index is -0.321. The van der Waals surface area contributed by atoms with Gasteiger partial charge in [0.2, 0.25) is 0 Å². The molecule has 1 saturated heterocycles. The molecule has 1 aromatic heterocycles. The number of anilines is 1. The second-order valence-electron chi connectivity index (χ2n) is 6.39. The van der Waals surface area contributed by atoms with E-state index in [0.717, 1.165) is 42.1 Å². The first-order valence-corrected chi connectivity index (χ1v) is 9.85. The van der Waals surface area contributed by atoms with E-state index in [2.05, 4.69) is 36.1 Å². The molecule has 0 amide bonds. The summed E-state index contributed by atoms with van der Waals surface area (Å²) in [6, 6.07) is 8.43. The van der Waals surface area contributed by atoms with Gasteiger partial charge in [-0.2, -0.15) is 0 Å². The Bertz CT molecular complexity index is 731. The highest BCUT2D eigenvalue weighted by Gasteiger charge is 2.26. The SMILES string of the molecule is CCOC(=O)c1c(N)sc(CN2CCCC2)c1-c1ccc(CC)cc1. The Kier molecular flexibility index (Phi) is 5.76. The van der Waals surface area contributed by atoms with Crippen molar-refractivity contribution in [3.05, 3.63) is 40.3 Å². The molecule has 2 aromatic rings. The van der Waals surface area contributed by atoms with E-state index in [9.17, 15) is 4.79 Å². The van der Waals surface area contributed by atoms with Crippen LogP contribution in [0.15, 0.2) is 24.3 Å². The number of thiophene rings is 1. The van der Waals surface area contributed by atoms with Gasteiger partial charge >= 0.3 is 5.97 Å². The van der Waals surface area contributed by atoms with E-state index in [1.54, 1.807) is 0 Å². The van der Waals surface area contributed by atoms with Gasteiger partial charge < -0.3 is 10.5 Å². The topological polar surface area (TPSA) is 55.6 Å². The van der Waals surface area contributed by atoms with Crippen LogP contribution in [0.2, 0.25) is 0 Å². The van der Waals surface area contributed by atoms with Crippen LogP contribution in [-0.4, -0.2) is 30.6 Å². The average Bonchev–Trinajstić information content (AvgIpc) is 3.23. The van der Waals surface area contributed by atoms with Crippen molar-refractivity contribution in [1.82, 2.24) is 4.90 Å². The second-order valence-corrected chi connectivity index (χ2v) is 7.53. The molecular formula is C20H26N2O2S. The molecule has 0 radical (unpaired) electrons. The summed E-state index contributed by atoms with van der Waals surface area (Å²) >= 11 is 1.52. The molecule has 134 valence electrons. The number of nitrogens with two attached hydrogens (primary N) is 1. The summed E-state index contributed by atoms with van der Waals surface area (Å²) in [5, 5.41) is 0.558. The molecule has 1 aliphatic rings. The molecule has 1 aromatic carbocycles. The van der Waals surface area contributed by atoms with E-state index in [4.69, 9.17) is 10.5 Å². The Labute approximate surface area is 153 Å². The fraction of sp³-hybridized carbons (Fsp3) is 0.450. The first-order valence-electron chi connectivity index (χ1n) is 9.04. The third kappa shape index (κ3) is 3.88. The fourth-order valence-electron chi connectivity index (χ4n) is 3.37. The number of likely N-dealkylation sites (tertiary alicyclic amines) is 1. The molecule has 1 aliphatic heterocycles. The second kappa shape index (κ2) is 8.02. The maximum atomic E-state index is 12.5. The van der Waals surface area contributed by atoms with Crippen molar-refractivity contribution in [3.63, 3.8) is 0 Å². The number of hydrogen-bond donors (Lipinski definition) is 1. The number of benzene rings is 1. The maximum absolute atomic E-state index is 12.5. The van der Waals surface area contributed by atoms with E-state index in [0.29, 0.717) is 17.2 Å². The lowest BCUT2D eigenvalue weighted by Crippen LogP contribution is -2.18. The molecule has 25 heavy (non-hydrogen) atoms. The van der Waals surface area contributed by atoms with Gasteiger partial charge in [-0.3, -0.25) is 4.90 Å². The molecule has 0 spiro atoms. The van der Waals surface area contributed by atoms with Gasteiger partial charge in [-0.15, -0.1) is 11.3 Å². The first kappa shape index (κ1) is 18.0. The van der Waals surface area contributed by atoms with Crippen molar-refractivity contribution in [2.75, 3.05) is 25.4 Å². The Balaban J connectivity index is 2.04. The van der Waals surface area contributed by atoms with Crippen molar-refractivity contribution in [2.45, 2.75) is 39.7 Å². The van der Waals surface area contributed by atoms with Gasteiger partial charge in [0.25, 0.3) is 0 Å². The highest BCUT2D eigenvalue weighted by Crippen LogP contribution is 2.40. The quantitative estimate of drug-likeness (QED) is 0.781. The van der Waals surface area contributed by atoms with Crippen LogP contribution >= 0.6 is 11.3 Å². The van der Waals surface area contributed by atoms with Crippen LogP contribution in [0.4, 0.5) is 5.00 Å². The van der Waals surface area contributed by atoms with Gasteiger partial charge in [0.15, 0.2) is 0 Å². The minimum absolute atomic E-state index is 0.321. The van der Waals surface area contributed by atoms with Crippen LogP contribution in [0.25, 0.3) is 11.1 Å². The van der Waals surface area contributed by atoms with Crippen LogP contribution in [0.5, 0.6) is 0 Å². The molecule has 0 aliphatic carbocycles. The number of nitrogen functional groups attached to an aromatic ring is 1. The predicted molar refractivity (Wildman–Crippen MR) is 104 cm³/mol. The average molecular weight is 359 g/mol. The number of carbonyl (C=O) groups excluding carboxylic acids is 1. The molecule has 0 atom stereocenters. The standard InChI is InChI=1S/C20H26N2O2S/c1-3-14-7-9-15(10-8-14)17-16(13-22-11-5-6-12-22)25-19(21)18(17)20(23)24-4-2/h7-10H,3-6,11-13,21H2,1-2H3. The van der Waals surface area contributed by atoms with E-state index in [1.165, 1.54) is 29.7 Å². The number of ether oxygens (including phenoxy) is 1. The zero-order chi connectivity index (χ0) is 17.8. The van der Waals surface area contributed by atoms with Crippen molar-refractivity contribution < 1.29 is 9.53 Å². The van der Waals surface area contributed by atoms with Gasteiger partial charge in [0.1, 0.15) is 10.6 Å². The lowest BCUT2D eigenvalue weighted by atomic mass is 9.99. The molecule has 0 bridgehead atoms. The highest BCUT2D eigenvalue weighted by molar-refractivity contribution is 7.17. The number of esters is 1. The van der Waals surface area contributed by atoms with E-state index >= 15 is 0 Å². The molecule has 2 N–H and O–H groups in total. The summed E-state index contributed by atoms with van der Waals surface area (Å²) in [6.45, 7) is 7.38. The molecule has 5 heteroatoms. The van der Waals surface area contributed by atoms with E-state index < -0.39 is 0 Å². The predicted octanol–water partition coefficient (Wildman–Crippen LogP) is 4.33.